The van der Waals surface area contributed by atoms with Crippen molar-refractivity contribution in [2.45, 2.75) is 19.0 Å². The molecule has 198 valence electrons. The minimum atomic E-state index is -2.78. The van der Waals surface area contributed by atoms with Crippen LogP contribution in [0.25, 0.3) is 16.9 Å². The number of hydrogen-bond acceptors (Lipinski definition) is 6. The molecule has 37 heavy (non-hydrogen) atoms. The predicted molar refractivity (Wildman–Crippen MR) is 123 cm³/mol. The second-order valence-electron chi connectivity index (χ2n) is 8.22. The fourth-order valence-corrected chi connectivity index (χ4v) is 4.31. The van der Waals surface area contributed by atoms with Crippen LogP contribution in [0.15, 0.2) is 24.4 Å². The summed E-state index contributed by atoms with van der Waals surface area (Å²) in [6, 6.07) is 3.05. The van der Waals surface area contributed by atoms with Gasteiger partial charge in [-0.15, -0.1) is 0 Å². The summed E-state index contributed by atoms with van der Waals surface area (Å²) in [6.07, 6.45) is -2.51. The third-order valence-electron chi connectivity index (χ3n) is 6.08. The van der Waals surface area contributed by atoms with E-state index in [9.17, 15) is 18.4 Å². The number of carbonyl (C=O) groups is 2. The van der Waals surface area contributed by atoms with E-state index in [1.54, 1.807) is 0 Å². The summed E-state index contributed by atoms with van der Waals surface area (Å²) < 4.78 is 74.6. The van der Waals surface area contributed by atoms with Crippen LogP contribution in [-0.2, 0) is 15.9 Å². The van der Waals surface area contributed by atoms with Crippen LogP contribution in [0.1, 0.15) is 28.0 Å². The smallest absolute Gasteiger partial charge is 0.409 e. The number of amides is 2. The van der Waals surface area contributed by atoms with Gasteiger partial charge >= 0.3 is 6.09 Å². The Kier molecular flexibility index (Phi) is 7.52. The van der Waals surface area contributed by atoms with Crippen molar-refractivity contribution in [1.82, 2.24) is 19.6 Å². The minimum Gasteiger partial charge on any atom is -0.493 e. The Balaban J connectivity index is 1.89. The molecule has 0 radical (unpaired) electrons. The van der Waals surface area contributed by atoms with Gasteiger partial charge in [0.05, 0.1) is 56.0 Å². The molecule has 1 aliphatic rings. The zero-order valence-corrected chi connectivity index (χ0v) is 20.2. The molecule has 0 spiro atoms. The number of benzene rings is 1. The standard InChI is InChI=1S/C24H24F4N4O5/c1-29-23(33)14-10-15(25)18(21(35-2)19(14)26)20-16(9-13-11-31(6-7-37-13)24(34)36-3)32-5-4-12(22(27)28)8-17(32)30-20/h4-5,8,10,13,22H,6-7,9,11H2,1-3H3,(H,29,33)/t13-/m0/s1. The Labute approximate surface area is 208 Å². The normalized spacial score (nSPS) is 15.8. The Morgan fingerprint density at radius 1 is 1.27 bits per heavy atom. The van der Waals surface area contributed by atoms with Crippen molar-refractivity contribution in [3.05, 3.63) is 52.9 Å². The van der Waals surface area contributed by atoms with Gasteiger partial charge in [-0.25, -0.2) is 27.3 Å². The number of carbonyl (C=O) groups excluding carboxylic acids is 2. The number of halogens is 4. The van der Waals surface area contributed by atoms with Crippen LogP contribution in [0, 0.1) is 11.6 Å². The van der Waals surface area contributed by atoms with Gasteiger partial charge in [-0.05, 0) is 18.2 Å². The first-order valence-electron chi connectivity index (χ1n) is 11.2. The monoisotopic (exact) mass is 524 g/mol. The molecule has 1 aromatic carbocycles. The van der Waals surface area contributed by atoms with E-state index >= 15 is 8.78 Å². The third kappa shape index (κ3) is 4.90. The van der Waals surface area contributed by atoms with E-state index in [2.05, 4.69) is 10.3 Å². The number of alkyl halides is 2. The molecule has 3 aromatic rings. The fraction of sp³-hybridized carbons (Fsp3) is 0.375. The second-order valence-corrected chi connectivity index (χ2v) is 8.22. The maximum Gasteiger partial charge on any atom is 0.409 e. The Morgan fingerprint density at radius 2 is 2.03 bits per heavy atom. The fourth-order valence-electron chi connectivity index (χ4n) is 4.31. The molecule has 2 aromatic heterocycles. The predicted octanol–water partition coefficient (Wildman–Crippen LogP) is 3.60. The number of hydrogen-bond donors (Lipinski definition) is 1. The number of aromatic nitrogens is 2. The lowest BCUT2D eigenvalue weighted by Gasteiger charge is -2.32. The number of methoxy groups -OCH3 is 2. The van der Waals surface area contributed by atoms with Gasteiger partial charge in [-0.2, -0.15) is 0 Å². The van der Waals surface area contributed by atoms with Gasteiger partial charge in [-0.1, -0.05) is 0 Å². The van der Waals surface area contributed by atoms with Crippen LogP contribution in [0.5, 0.6) is 5.75 Å². The highest BCUT2D eigenvalue weighted by Gasteiger charge is 2.31. The summed E-state index contributed by atoms with van der Waals surface area (Å²) in [7, 11) is 3.63. The number of ether oxygens (including phenoxy) is 3. The third-order valence-corrected chi connectivity index (χ3v) is 6.08. The summed E-state index contributed by atoms with van der Waals surface area (Å²) in [4.78, 5) is 29.9. The lowest BCUT2D eigenvalue weighted by atomic mass is 10.0. The highest BCUT2D eigenvalue weighted by molar-refractivity contribution is 5.96. The summed E-state index contributed by atoms with van der Waals surface area (Å²) in [6.45, 7) is 0.641. The SMILES string of the molecule is CNC(=O)c1cc(F)c(-c2nc3cc(C(F)F)ccn3c2C[C@H]2CN(C(=O)OC)CCO2)c(OC)c1F. The molecule has 2 amide bonds. The Morgan fingerprint density at radius 3 is 2.68 bits per heavy atom. The van der Waals surface area contributed by atoms with Crippen molar-refractivity contribution in [3.63, 3.8) is 0 Å². The van der Waals surface area contributed by atoms with Crippen molar-refractivity contribution in [2.75, 3.05) is 41.0 Å². The molecular formula is C24H24F4N4O5. The lowest BCUT2D eigenvalue weighted by molar-refractivity contribution is -0.0241. The molecule has 4 rings (SSSR count). The first-order valence-corrected chi connectivity index (χ1v) is 11.2. The van der Waals surface area contributed by atoms with E-state index in [0.717, 1.165) is 19.2 Å². The van der Waals surface area contributed by atoms with Crippen molar-refractivity contribution in [2.24, 2.45) is 0 Å². The lowest BCUT2D eigenvalue weighted by Crippen LogP contribution is -2.46. The zero-order chi connectivity index (χ0) is 26.9. The van der Waals surface area contributed by atoms with Gasteiger partial charge in [0.1, 0.15) is 11.5 Å². The summed E-state index contributed by atoms with van der Waals surface area (Å²) >= 11 is 0. The Hall–Kier alpha value is -3.87. The van der Waals surface area contributed by atoms with Crippen LogP contribution >= 0.6 is 0 Å². The van der Waals surface area contributed by atoms with Gasteiger partial charge < -0.3 is 28.8 Å². The summed E-state index contributed by atoms with van der Waals surface area (Å²) in [5.41, 5.74) is -0.991. The minimum absolute atomic E-state index is 0.0550. The first-order chi connectivity index (χ1) is 17.7. The average Bonchev–Trinajstić information content (AvgIpc) is 3.25. The molecule has 0 saturated carbocycles. The first kappa shape index (κ1) is 26.2. The van der Waals surface area contributed by atoms with Gasteiger partial charge in [0, 0.05) is 31.8 Å². The van der Waals surface area contributed by atoms with Crippen molar-refractivity contribution in [1.29, 1.82) is 0 Å². The molecule has 1 fully saturated rings. The van der Waals surface area contributed by atoms with Crippen LogP contribution in [0.4, 0.5) is 22.4 Å². The number of fused-ring (bicyclic) bond motifs is 1. The number of nitrogens with one attached hydrogen (secondary N) is 1. The van der Waals surface area contributed by atoms with E-state index in [1.807, 2.05) is 0 Å². The largest absolute Gasteiger partial charge is 0.493 e. The molecule has 0 aliphatic carbocycles. The molecule has 1 atom stereocenters. The number of morpholine rings is 1. The summed E-state index contributed by atoms with van der Waals surface area (Å²) in [5, 5.41) is 2.23. The van der Waals surface area contributed by atoms with E-state index < -0.39 is 47.5 Å². The van der Waals surface area contributed by atoms with Gasteiger partial charge in [0.15, 0.2) is 11.6 Å². The summed E-state index contributed by atoms with van der Waals surface area (Å²) in [5.74, 6) is -3.55. The van der Waals surface area contributed by atoms with Crippen LogP contribution < -0.4 is 10.1 Å². The van der Waals surface area contributed by atoms with Crippen LogP contribution in [0.3, 0.4) is 0 Å². The van der Waals surface area contributed by atoms with E-state index in [-0.39, 0.29) is 42.0 Å². The van der Waals surface area contributed by atoms with E-state index in [0.29, 0.717) is 12.2 Å². The van der Waals surface area contributed by atoms with Gasteiger partial charge in [0.25, 0.3) is 12.3 Å². The maximum atomic E-state index is 15.5. The van der Waals surface area contributed by atoms with Gasteiger partial charge in [-0.3, -0.25) is 4.79 Å². The molecule has 1 N–H and O–H groups in total. The second kappa shape index (κ2) is 10.6. The Bertz CT molecular complexity index is 1350. The molecule has 0 bridgehead atoms. The molecule has 1 aliphatic heterocycles. The van der Waals surface area contributed by atoms with Gasteiger partial charge in [0.2, 0.25) is 0 Å². The highest BCUT2D eigenvalue weighted by atomic mass is 19.3. The molecule has 13 heteroatoms. The molecule has 9 nitrogen and oxygen atoms in total. The zero-order valence-electron chi connectivity index (χ0n) is 20.2. The highest BCUT2D eigenvalue weighted by Crippen LogP contribution is 2.39. The van der Waals surface area contributed by atoms with Crippen LogP contribution in [-0.4, -0.2) is 73.4 Å². The van der Waals surface area contributed by atoms with Crippen LogP contribution in [0.2, 0.25) is 0 Å². The quantitative estimate of drug-likeness (QED) is 0.496. The molecule has 0 unspecified atom stereocenters. The number of rotatable bonds is 6. The number of pyridine rings is 1. The molecular weight excluding hydrogens is 500 g/mol. The van der Waals surface area contributed by atoms with Crippen molar-refractivity contribution in [3.8, 4) is 17.0 Å². The van der Waals surface area contributed by atoms with Crippen molar-refractivity contribution < 1.29 is 41.4 Å². The maximum absolute atomic E-state index is 15.5. The average molecular weight is 524 g/mol. The molecule has 1 saturated heterocycles. The molecule has 3 heterocycles. The number of nitrogens with zero attached hydrogens (tertiary/aromatic N) is 3. The van der Waals surface area contributed by atoms with E-state index in [4.69, 9.17) is 14.2 Å². The topological polar surface area (TPSA) is 94.4 Å². The van der Waals surface area contributed by atoms with Crippen molar-refractivity contribution >= 4 is 17.6 Å². The van der Waals surface area contributed by atoms with E-state index in [1.165, 1.54) is 35.7 Å². The number of imidazole rings is 1.